The van der Waals surface area contributed by atoms with Crippen LogP contribution in [-0.2, 0) is 6.42 Å². The summed E-state index contributed by atoms with van der Waals surface area (Å²) in [6.07, 6.45) is 0.875. The van der Waals surface area contributed by atoms with Crippen LogP contribution in [0.15, 0.2) is 21.2 Å². The maximum absolute atomic E-state index is 5.93. The lowest BCUT2D eigenvalue weighted by Crippen LogP contribution is -2.07. The van der Waals surface area contributed by atoms with Crippen molar-refractivity contribution in [1.82, 2.24) is 9.97 Å². The fraction of sp³-hybridized carbons (Fsp3) is 0.333. The summed E-state index contributed by atoms with van der Waals surface area (Å²) in [7, 11) is 0. The summed E-state index contributed by atoms with van der Waals surface area (Å²) < 4.78 is 7.04. The molecule has 0 unspecified atom stereocenters. The van der Waals surface area contributed by atoms with Crippen LogP contribution in [-0.4, -0.2) is 9.97 Å². The summed E-state index contributed by atoms with van der Waals surface area (Å²) >= 11 is 5.46. The Morgan fingerprint density at radius 2 is 2.11 bits per heavy atom. The van der Waals surface area contributed by atoms with Gasteiger partial charge in [-0.2, -0.15) is 0 Å². The number of hydrogen-bond donors (Lipinski definition) is 1. The van der Waals surface area contributed by atoms with Crippen molar-refractivity contribution in [3.63, 3.8) is 0 Å². The van der Waals surface area contributed by atoms with Crippen LogP contribution in [0, 0.1) is 9.49 Å². The van der Waals surface area contributed by atoms with Gasteiger partial charge in [0.1, 0.15) is 5.82 Å². The smallest absolute Gasteiger partial charge is 0.197 e. The topological polar surface area (TPSA) is 64.9 Å². The molecule has 0 aliphatic carbocycles. The molecule has 0 fully saturated rings. The van der Waals surface area contributed by atoms with Crippen molar-refractivity contribution in [1.29, 1.82) is 0 Å². The van der Waals surface area contributed by atoms with Gasteiger partial charge in [0.05, 0.1) is 9.26 Å². The molecule has 0 saturated heterocycles. The third-order valence-corrected chi connectivity index (χ3v) is 3.94. The fourth-order valence-corrected chi connectivity index (χ4v) is 2.35. The van der Waals surface area contributed by atoms with E-state index in [9.17, 15) is 0 Å². The molecule has 2 aromatic heterocycles. The molecule has 0 aliphatic heterocycles. The first-order valence-electron chi connectivity index (χ1n) is 5.55. The Bertz CT molecular complexity index is 568. The van der Waals surface area contributed by atoms with Gasteiger partial charge in [-0.15, -0.1) is 0 Å². The highest BCUT2D eigenvalue weighted by molar-refractivity contribution is 14.1. The molecule has 0 amide bonds. The summed E-state index contributed by atoms with van der Waals surface area (Å²) in [4.78, 5) is 8.81. The Labute approximate surface area is 128 Å². The molecule has 4 nitrogen and oxygen atoms in total. The van der Waals surface area contributed by atoms with Gasteiger partial charge < -0.3 is 10.2 Å². The highest BCUT2D eigenvalue weighted by atomic mass is 127. The van der Waals surface area contributed by atoms with Crippen LogP contribution in [0.3, 0.4) is 0 Å². The Morgan fingerprint density at radius 3 is 2.67 bits per heavy atom. The van der Waals surface area contributed by atoms with Crippen LogP contribution in [0.5, 0.6) is 0 Å². The van der Waals surface area contributed by atoms with Crippen LogP contribution in [0.4, 0.5) is 5.82 Å². The molecule has 96 valence electrons. The van der Waals surface area contributed by atoms with E-state index in [1.807, 2.05) is 12.1 Å². The van der Waals surface area contributed by atoms with Crippen LogP contribution >= 0.6 is 38.5 Å². The first kappa shape index (κ1) is 13.8. The van der Waals surface area contributed by atoms with E-state index in [1.165, 1.54) is 0 Å². The van der Waals surface area contributed by atoms with Crippen LogP contribution in [0.1, 0.15) is 19.5 Å². The summed E-state index contributed by atoms with van der Waals surface area (Å²) in [5, 5.41) is 0. The predicted octanol–water partition coefficient (Wildman–Crippen LogP) is 3.88. The van der Waals surface area contributed by atoms with Crippen molar-refractivity contribution < 1.29 is 4.42 Å². The molecule has 0 bridgehead atoms. The normalized spacial score (nSPS) is 11.2. The maximum atomic E-state index is 5.93. The lowest BCUT2D eigenvalue weighted by Gasteiger charge is -2.09. The lowest BCUT2D eigenvalue weighted by atomic mass is 10.1. The minimum atomic E-state index is 0.503. The van der Waals surface area contributed by atoms with Gasteiger partial charge in [-0.25, -0.2) is 9.97 Å². The van der Waals surface area contributed by atoms with Crippen LogP contribution in [0.25, 0.3) is 11.6 Å². The summed E-state index contributed by atoms with van der Waals surface area (Å²) in [5.41, 5.74) is 6.90. The minimum Gasteiger partial charge on any atom is -0.446 e. The number of rotatable bonds is 3. The van der Waals surface area contributed by atoms with Crippen molar-refractivity contribution >= 4 is 44.3 Å². The Balaban J connectivity index is 2.46. The van der Waals surface area contributed by atoms with Crippen molar-refractivity contribution in [2.24, 2.45) is 5.92 Å². The van der Waals surface area contributed by atoms with Crippen molar-refractivity contribution in [2.75, 3.05) is 5.73 Å². The van der Waals surface area contributed by atoms with E-state index in [2.05, 4.69) is 62.3 Å². The third-order valence-electron chi connectivity index (χ3n) is 2.34. The minimum absolute atomic E-state index is 0.503. The summed E-state index contributed by atoms with van der Waals surface area (Å²) in [5.74, 6) is 2.18. The van der Waals surface area contributed by atoms with Gasteiger partial charge in [-0.1, -0.05) is 13.8 Å². The number of furan rings is 1. The van der Waals surface area contributed by atoms with Crippen LogP contribution < -0.4 is 5.73 Å². The van der Waals surface area contributed by atoms with E-state index < -0.39 is 0 Å². The second-order valence-electron chi connectivity index (χ2n) is 4.39. The molecule has 2 aromatic rings. The molecule has 6 heteroatoms. The fourth-order valence-electron chi connectivity index (χ4n) is 1.58. The van der Waals surface area contributed by atoms with Gasteiger partial charge >= 0.3 is 0 Å². The zero-order chi connectivity index (χ0) is 13.3. The van der Waals surface area contributed by atoms with Gasteiger partial charge in [0.25, 0.3) is 0 Å². The number of nitrogen functional groups attached to an aromatic ring is 1. The van der Waals surface area contributed by atoms with Gasteiger partial charge in [0.15, 0.2) is 16.3 Å². The summed E-state index contributed by atoms with van der Waals surface area (Å²) in [6, 6.07) is 3.64. The molecule has 2 heterocycles. The van der Waals surface area contributed by atoms with E-state index in [-0.39, 0.29) is 0 Å². The molecule has 0 saturated carbocycles. The second kappa shape index (κ2) is 5.56. The molecule has 0 radical (unpaired) electrons. The van der Waals surface area contributed by atoms with Crippen molar-refractivity contribution in [2.45, 2.75) is 20.3 Å². The number of nitrogens with zero attached hydrogens (tertiary/aromatic N) is 2. The molecular weight excluding hydrogens is 409 g/mol. The molecular formula is C12H13BrIN3O. The third kappa shape index (κ3) is 3.03. The summed E-state index contributed by atoms with van der Waals surface area (Å²) in [6.45, 7) is 4.30. The van der Waals surface area contributed by atoms with Crippen LogP contribution in [0.2, 0.25) is 0 Å². The second-order valence-corrected chi connectivity index (χ2v) is 6.26. The largest absolute Gasteiger partial charge is 0.446 e. The molecule has 0 atom stereocenters. The van der Waals surface area contributed by atoms with Gasteiger partial charge in [-0.05, 0) is 63.0 Å². The Morgan fingerprint density at radius 1 is 1.39 bits per heavy atom. The van der Waals surface area contributed by atoms with Crippen molar-refractivity contribution in [3.05, 3.63) is 26.1 Å². The maximum Gasteiger partial charge on any atom is 0.197 e. The zero-order valence-electron chi connectivity index (χ0n) is 10.1. The van der Waals surface area contributed by atoms with E-state index in [0.717, 1.165) is 15.7 Å². The highest BCUT2D eigenvalue weighted by Gasteiger charge is 2.14. The van der Waals surface area contributed by atoms with Gasteiger partial charge in [0.2, 0.25) is 0 Å². The van der Waals surface area contributed by atoms with Crippen molar-refractivity contribution in [3.8, 4) is 11.6 Å². The van der Waals surface area contributed by atoms with E-state index >= 15 is 0 Å². The lowest BCUT2D eigenvalue weighted by molar-refractivity contribution is 0.550. The molecule has 18 heavy (non-hydrogen) atoms. The molecule has 0 aliphatic rings. The SMILES string of the molecule is CC(C)Cc1nc(-c2ccc(Br)o2)nc(N)c1I. The molecule has 2 rings (SSSR count). The quantitative estimate of drug-likeness (QED) is 0.763. The Kier molecular flexibility index (Phi) is 4.26. The number of hydrogen-bond acceptors (Lipinski definition) is 4. The average molecular weight is 422 g/mol. The number of nitrogens with two attached hydrogens (primary N) is 1. The van der Waals surface area contributed by atoms with E-state index in [4.69, 9.17) is 10.2 Å². The van der Waals surface area contributed by atoms with E-state index in [1.54, 1.807) is 0 Å². The van der Waals surface area contributed by atoms with Gasteiger partial charge in [0, 0.05) is 0 Å². The molecule has 0 spiro atoms. The standard InChI is InChI=1S/C12H13BrIN3O/c1-6(2)5-7-10(14)11(15)17-12(16-7)8-3-4-9(13)18-8/h3-4,6H,5H2,1-2H3,(H2,15,16,17). The molecule has 2 N–H and O–H groups in total. The van der Waals surface area contributed by atoms with Gasteiger partial charge in [-0.3, -0.25) is 0 Å². The first-order valence-corrected chi connectivity index (χ1v) is 7.42. The number of halogens is 2. The van der Waals surface area contributed by atoms with E-state index in [0.29, 0.717) is 28.0 Å². The average Bonchev–Trinajstić information content (AvgIpc) is 2.70. The molecule has 0 aromatic carbocycles. The Hall–Kier alpha value is -0.630. The first-order chi connectivity index (χ1) is 8.47. The zero-order valence-corrected chi connectivity index (χ0v) is 13.8. The highest BCUT2D eigenvalue weighted by Crippen LogP contribution is 2.26. The monoisotopic (exact) mass is 421 g/mol. The predicted molar refractivity (Wildman–Crippen MR) is 83.1 cm³/mol. The number of anilines is 1. The number of aromatic nitrogens is 2.